The maximum absolute atomic E-state index is 5.66. The maximum atomic E-state index is 5.66. The lowest BCUT2D eigenvalue weighted by Gasteiger charge is -2.21. The van der Waals surface area contributed by atoms with Crippen molar-refractivity contribution >= 4 is 11.8 Å². The molecular formula is C11H21NOS. The van der Waals surface area contributed by atoms with E-state index in [4.69, 9.17) is 4.74 Å². The van der Waals surface area contributed by atoms with E-state index in [1.807, 2.05) is 0 Å². The molecule has 1 N–H and O–H groups in total. The first-order valence-corrected chi connectivity index (χ1v) is 6.94. The summed E-state index contributed by atoms with van der Waals surface area (Å²) in [4.78, 5) is 0. The zero-order valence-electron chi connectivity index (χ0n) is 9.00. The molecule has 2 fully saturated rings. The van der Waals surface area contributed by atoms with Gasteiger partial charge in [-0.1, -0.05) is 0 Å². The van der Waals surface area contributed by atoms with E-state index in [9.17, 15) is 0 Å². The van der Waals surface area contributed by atoms with Crippen molar-refractivity contribution in [3.8, 4) is 0 Å². The molecule has 3 heteroatoms. The van der Waals surface area contributed by atoms with Crippen LogP contribution >= 0.6 is 11.8 Å². The molecule has 0 amide bonds. The standard InChI is InChI=1S/C11H21NOS/c1-9(11-3-2-5-13-11)12-7-10-4-6-14-8-10/h9-12H,2-8H2,1H3. The highest BCUT2D eigenvalue weighted by atomic mass is 32.2. The molecule has 14 heavy (non-hydrogen) atoms. The van der Waals surface area contributed by atoms with E-state index in [-0.39, 0.29) is 0 Å². The molecule has 2 heterocycles. The minimum absolute atomic E-state index is 0.476. The summed E-state index contributed by atoms with van der Waals surface area (Å²) in [6, 6.07) is 0.545. The molecule has 0 aromatic rings. The topological polar surface area (TPSA) is 21.3 Å². The van der Waals surface area contributed by atoms with Crippen molar-refractivity contribution in [1.29, 1.82) is 0 Å². The fourth-order valence-corrected chi connectivity index (χ4v) is 3.51. The Bertz CT molecular complexity index is 165. The van der Waals surface area contributed by atoms with Gasteiger partial charge >= 0.3 is 0 Å². The highest BCUT2D eigenvalue weighted by molar-refractivity contribution is 7.99. The van der Waals surface area contributed by atoms with Crippen LogP contribution < -0.4 is 5.32 Å². The van der Waals surface area contributed by atoms with Crippen LogP contribution in [-0.2, 0) is 4.74 Å². The van der Waals surface area contributed by atoms with E-state index in [0.717, 1.165) is 12.5 Å². The maximum Gasteiger partial charge on any atom is 0.0726 e. The van der Waals surface area contributed by atoms with Gasteiger partial charge in [-0.2, -0.15) is 11.8 Å². The molecule has 0 bridgehead atoms. The molecule has 3 unspecified atom stereocenters. The number of nitrogens with one attached hydrogen (secondary N) is 1. The van der Waals surface area contributed by atoms with Crippen LogP contribution in [0.3, 0.4) is 0 Å². The number of rotatable bonds is 4. The van der Waals surface area contributed by atoms with Gasteiger partial charge in [-0.15, -0.1) is 0 Å². The van der Waals surface area contributed by atoms with Gasteiger partial charge in [0.25, 0.3) is 0 Å². The predicted octanol–water partition coefficient (Wildman–Crippen LogP) is 1.90. The highest BCUT2D eigenvalue weighted by Crippen LogP contribution is 2.23. The van der Waals surface area contributed by atoms with Crippen LogP contribution in [0.5, 0.6) is 0 Å². The molecule has 2 rings (SSSR count). The second-order valence-electron chi connectivity index (χ2n) is 4.48. The summed E-state index contributed by atoms with van der Waals surface area (Å²) in [5.41, 5.74) is 0. The van der Waals surface area contributed by atoms with Gasteiger partial charge in [-0.05, 0) is 50.2 Å². The van der Waals surface area contributed by atoms with Gasteiger partial charge in [-0.3, -0.25) is 0 Å². The normalized spacial score (nSPS) is 34.9. The van der Waals surface area contributed by atoms with E-state index in [1.54, 1.807) is 0 Å². The Kier molecular flexibility index (Phi) is 4.14. The van der Waals surface area contributed by atoms with Crippen LogP contribution in [-0.4, -0.2) is 36.8 Å². The summed E-state index contributed by atoms with van der Waals surface area (Å²) in [6.07, 6.45) is 4.36. The number of ether oxygens (including phenoxy) is 1. The molecule has 0 aromatic carbocycles. The molecule has 3 atom stereocenters. The second-order valence-corrected chi connectivity index (χ2v) is 5.63. The Balaban J connectivity index is 1.63. The molecule has 0 saturated carbocycles. The van der Waals surface area contributed by atoms with Gasteiger partial charge in [0.2, 0.25) is 0 Å². The first kappa shape index (κ1) is 10.8. The minimum atomic E-state index is 0.476. The molecule has 0 aliphatic carbocycles. The summed E-state index contributed by atoms with van der Waals surface area (Å²) in [7, 11) is 0. The number of hydrogen-bond acceptors (Lipinski definition) is 3. The summed E-state index contributed by atoms with van der Waals surface area (Å²) < 4.78 is 5.66. The first-order valence-electron chi connectivity index (χ1n) is 5.79. The van der Waals surface area contributed by atoms with E-state index in [0.29, 0.717) is 12.1 Å². The Labute approximate surface area is 91.2 Å². The van der Waals surface area contributed by atoms with Crippen LogP contribution in [0.25, 0.3) is 0 Å². The van der Waals surface area contributed by atoms with Crippen LogP contribution in [0, 0.1) is 5.92 Å². The van der Waals surface area contributed by atoms with E-state index < -0.39 is 0 Å². The lowest BCUT2D eigenvalue weighted by atomic mass is 10.1. The molecule has 82 valence electrons. The molecule has 0 radical (unpaired) electrons. The van der Waals surface area contributed by atoms with Crippen molar-refractivity contribution < 1.29 is 4.74 Å². The largest absolute Gasteiger partial charge is 0.377 e. The van der Waals surface area contributed by atoms with Crippen LogP contribution in [0.2, 0.25) is 0 Å². The van der Waals surface area contributed by atoms with E-state index in [2.05, 4.69) is 24.0 Å². The van der Waals surface area contributed by atoms with Gasteiger partial charge in [-0.25, -0.2) is 0 Å². The molecule has 2 saturated heterocycles. The number of thioether (sulfide) groups is 1. The summed E-state index contributed by atoms with van der Waals surface area (Å²) in [5, 5.41) is 3.63. The molecule has 2 aliphatic heterocycles. The molecule has 2 nitrogen and oxygen atoms in total. The average molecular weight is 215 g/mol. The van der Waals surface area contributed by atoms with Crippen LogP contribution in [0.4, 0.5) is 0 Å². The van der Waals surface area contributed by atoms with Crippen molar-refractivity contribution in [2.75, 3.05) is 24.7 Å². The Morgan fingerprint density at radius 2 is 2.43 bits per heavy atom. The third-order valence-corrected chi connectivity index (χ3v) is 4.51. The minimum Gasteiger partial charge on any atom is -0.377 e. The van der Waals surface area contributed by atoms with E-state index >= 15 is 0 Å². The molecular weight excluding hydrogens is 194 g/mol. The smallest absolute Gasteiger partial charge is 0.0726 e. The molecule has 2 aliphatic rings. The number of hydrogen-bond donors (Lipinski definition) is 1. The quantitative estimate of drug-likeness (QED) is 0.774. The van der Waals surface area contributed by atoms with Crippen LogP contribution in [0.1, 0.15) is 26.2 Å². The van der Waals surface area contributed by atoms with Gasteiger partial charge in [0.1, 0.15) is 0 Å². The highest BCUT2D eigenvalue weighted by Gasteiger charge is 2.23. The Morgan fingerprint density at radius 1 is 1.50 bits per heavy atom. The van der Waals surface area contributed by atoms with E-state index in [1.165, 1.54) is 37.3 Å². The summed E-state index contributed by atoms with van der Waals surface area (Å²) >= 11 is 2.09. The van der Waals surface area contributed by atoms with Crippen LogP contribution in [0.15, 0.2) is 0 Å². The van der Waals surface area contributed by atoms with Crippen molar-refractivity contribution in [1.82, 2.24) is 5.32 Å². The van der Waals surface area contributed by atoms with Gasteiger partial charge in [0.05, 0.1) is 6.10 Å². The zero-order valence-corrected chi connectivity index (χ0v) is 9.81. The SMILES string of the molecule is CC(NCC1CCSC1)C1CCCO1. The van der Waals surface area contributed by atoms with Gasteiger partial charge < -0.3 is 10.1 Å². The van der Waals surface area contributed by atoms with Gasteiger partial charge in [0.15, 0.2) is 0 Å². The fraction of sp³-hybridized carbons (Fsp3) is 1.00. The monoisotopic (exact) mass is 215 g/mol. The second kappa shape index (κ2) is 5.38. The fourth-order valence-electron chi connectivity index (χ4n) is 2.23. The predicted molar refractivity (Wildman–Crippen MR) is 61.9 cm³/mol. The Morgan fingerprint density at radius 3 is 3.07 bits per heavy atom. The zero-order chi connectivity index (χ0) is 9.80. The third-order valence-electron chi connectivity index (χ3n) is 3.28. The third kappa shape index (κ3) is 2.88. The van der Waals surface area contributed by atoms with Crippen molar-refractivity contribution in [2.24, 2.45) is 5.92 Å². The lowest BCUT2D eigenvalue weighted by Crippen LogP contribution is -2.39. The Hall–Kier alpha value is 0.270. The van der Waals surface area contributed by atoms with Gasteiger partial charge in [0, 0.05) is 12.6 Å². The molecule has 0 aromatic heterocycles. The lowest BCUT2D eigenvalue weighted by molar-refractivity contribution is 0.0826. The average Bonchev–Trinajstić information content (AvgIpc) is 2.87. The van der Waals surface area contributed by atoms with Crippen molar-refractivity contribution in [3.63, 3.8) is 0 Å². The molecule has 0 spiro atoms. The van der Waals surface area contributed by atoms with Crippen molar-refractivity contribution in [2.45, 2.75) is 38.3 Å². The van der Waals surface area contributed by atoms with Crippen molar-refractivity contribution in [3.05, 3.63) is 0 Å². The first-order chi connectivity index (χ1) is 6.86. The summed E-state index contributed by atoms with van der Waals surface area (Å²) in [6.45, 7) is 4.42. The summed E-state index contributed by atoms with van der Waals surface area (Å²) in [5.74, 6) is 3.62.